The van der Waals surface area contributed by atoms with Crippen molar-refractivity contribution in [3.8, 4) is 0 Å². The van der Waals surface area contributed by atoms with Gasteiger partial charge in [-0.2, -0.15) is 0 Å². The highest BCUT2D eigenvalue weighted by atomic mass is 16.3. The Bertz CT molecular complexity index is 1120. The third-order valence-corrected chi connectivity index (χ3v) is 10.0. The van der Waals surface area contributed by atoms with Crippen molar-refractivity contribution in [2.45, 2.75) is 212 Å². The van der Waals surface area contributed by atoms with Gasteiger partial charge in [-0.3, -0.25) is 4.79 Å². The Hall–Kier alpha value is -2.95. The summed E-state index contributed by atoms with van der Waals surface area (Å²) in [6, 6.07) is -0.553. The van der Waals surface area contributed by atoms with Gasteiger partial charge >= 0.3 is 0 Å². The number of carbonyl (C=O) groups excluding carboxylic acids is 1. The van der Waals surface area contributed by atoms with Crippen molar-refractivity contribution in [3.05, 3.63) is 109 Å². The number of aliphatic hydroxyl groups excluding tert-OH is 2. The molecule has 0 heterocycles. The molecule has 3 N–H and O–H groups in total. The molecular weight excluding hydrogens is 699 g/mol. The largest absolute Gasteiger partial charge is 0.394 e. The van der Waals surface area contributed by atoms with Gasteiger partial charge in [0.15, 0.2) is 0 Å². The summed E-state index contributed by atoms with van der Waals surface area (Å²) in [5.41, 5.74) is 0. The molecule has 0 saturated heterocycles. The lowest BCUT2D eigenvalue weighted by Gasteiger charge is -2.22. The molecular formula is C53H89NO3. The van der Waals surface area contributed by atoms with Crippen LogP contribution in [-0.4, -0.2) is 34.9 Å². The second kappa shape index (κ2) is 47.4. The second-order valence-corrected chi connectivity index (χ2v) is 15.4. The van der Waals surface area contributed by atoms with Crippen LogP contribution in [0, 0.1) is 0 Å². The lowest BCUT2D eigenvalue weighted by Crippen LogP contribution is -2.45. The van der Waals surface area contributed by atoms with Crippen LogP contribution in [0.3, 0.4) is 0 Å². The zero-order valence-electron chi connectivity index (χ0n) is 37.1. The van der Waals surface area contributed by atoms with Crippen molar-refractivity contribution in [1.29, 1.82) is 0 Å². The number of unbranched alkanes of at least 4 members (excludes halogenated alkanes) is 16. The molecule has 0 aromatic heterocycles. The van der Waals surface area contributed by atoms with Crippen LogP contribution in [0.25, 0.3) is 0 Å². The average Bonchev–Trinajstić information content (AvgIpc) is 3.22. The normalized spacial score (nSPS) is 14.0. The second-order valence-electron chi connectivity index (χ2n) is 15.4. The fraction of sp³-hybridized carbons (Fsp3) is 0.642. The van der Waals surface area contributed by atoms with Crippen molar-refractivity contribution in [1.82, 2.24) is 5.32 Å². The Morgan fingerprint density at radius 3 is 1.16 bits per heavy atom. The van der Waals surface area contributed by atoms with E-state index in [1.54, 1.807) is 0 Å². The van der Waals surface area contributed by atoms with E-state index in [0.717, 1.165) is 96.3 Å². The van der Waals surface area contributed by atoms with Crippen molar-refractivity contribution < 1.29 is 15.0 Å². The molecule has 0 saturated carbocycles. The Balaban J connectivity index is 3.66. The van der Waals surface area contributed by atoms with Gasteiger partial charge in [-0.25, -0.2) is 0 Å². The molecule has 324 valence electrons. The first kappa shape index (κ1) is 54.0. The molecule has 0 aliphatic rings. The van der Waals surface area contributed by atoms with E-state index in [4.69, 9.17) is 0 Å². The summed E-state index contributed by atoms with van der Waals surface area (Å²) in [6.07, 6.45) is 71.7. The number of amides is 1. The summed E-state index contributed by atoms with van der Waals surface area (Å²) in [7, 11) is 0. The first-order valence-corrected chi connectivity index (χ1v) is 23.6. The number of hydrogen-bond donors (Lipinski definition) is 3. The highest BCUT2D eigenvalue weighted by Gasteiger charge is 2.19. The molecule has 2 unspecified atom stereocenters. The summed E-state index contributed by atoms with van der Waals surface area (Å²) < 4.78 is 0. The quantitative estimate of drug-likeness (QED) is 0.0427. The summed E-state index contributed by atoms with van der Waals surface area (Å²) in [6.45, 7) is 4.22. The zero-order chi connectivity index (χ0) is 41.4. The van der Waals surface area contributed by atoms with Crippen LogP contribution in [0.15, 0.2) is 109 Å². The van der Waals surface area contributed by atoms with E-state index >= 15 is 0 Å². The van der Waals surface area contributed by atoms with Gasteiger partial charge in [0.25, 0.3) is 0 Å². The lowest BCUT2D eigenvalue weighted by molar-refractivity contribution is -0.123. The summed E-state index contributed by atoms with van der Waals surface area (Å²) >= 11 is 0. The number of allylic oxidation sites excluding steroid dienone is 18. The van der Waals surface area contributed by atoms with Gasteiger partial charge in [0, 0.05) is 6.42 Å². The lowest BCUT2D eigenvalue weighted by atomic mass is 10.0. The maximum Gasteiger partial charge on any atom is 0.220 e. The summed E-state index contributed by atoms with van der Waals surface area (Å²) in [5, 5.41) is 23.1. The number of hydrogen-bond acceptors (Lipinski definition) is 3. The molecule has 0 aliphatic heterocycles. The third kappa shape index (κ3) is 44.0. The maximum absolute atomic E-state index is 12.4. The minimum atomic E-state index is -0.674. The molecule has 0 fully saturated rings. The van der Waals surface area contributed by atoms with Crippen molar-refractivity contribution in [2.24, 2.45) is 0 Å². The maximum atomic E-state index is 12.4. The Labute approximate surface area is 353 Å². The zero-order valence-corrected chi connectivity index (χ0v) is 37.1. The smallest absolute Gasteiger partial charge is 0.220 e. The summed E-state index contributed by atoms with van der Waals surface area (Å²) in [4.78, 5) is 12.4. The molecule has 4 nitrogen and oxygen atoms in total. The Morgan fingerprint density at radius 2 is 0.772 bits per heavy atom. The van der Waals surface area contributed by atoms with Crippen LogP contribution < -0.4 is 5.32 Å². The van der Waals surface area contributed by atoms with E-state index in [1.807, 2.05) is 0 Å². The number of aliphatic hydroxyl groups is 2. The van der Waals surface area contributed by atoms with E-state index in [-0.39, 0.29) is 12.5 Å². The molecule has 0 radical (unpaired) electrons. The van der Waals surface area contributed by atoms with E-state index < -0.39 is 12.1 Å². The number of nitrogens with one attached hydrogen (secondary N) is 1. The molecule has 0 bridgehead atoms. The molecule has 0 aromatic rings. The van der Waals surface area contributed by atoms with Crippen LogP contribution in [0.5, 0.6) is 0 Å². The van der Waals surface area contributed by atoms with E-state index in [1.165, 1.54) is 77.0 Å². The van der Waals surface area contributed by atoms with Crippen LogP contribution >= 0.6 is 0 Å². The van der Waals surface area contributed by atoms with Gasteiger partial charge in [0.05, 0.1) is 18.8 Å². The highest BCUT2D eigenvalue weighted by molar-refractivity contribution is 5.76. The molecule has 0 rings (SSSR count). The third-order valence-electron chi connectivity index (χ3n) is 10.0. The number of carbonyl (C=O) groups is 1. The fourth-order valence-corrected chi connectivity index (χ4v) is 6.47. The molecule has 0 spiro atoms. The topological polar surface area (TPSA) is 69.6 Å². The monoisotopic (exact) mass is 788 g/mol. The van der Waals surface area contributed by atoms with Crippen molar-refractivity contribution >= 4 is 5.91 Å². The fourth-order valence-electron chi connectivity index (χ4n) is 6.47. The minimum Gasteiger partial charge on any atom is -0.394 e. The van der Waals surface area contributed by atoms with E-state index in [0.29, 0.717) is 12.8 Å². The predicted octanol–water partition coefficient (Wildman–Crippen LogP) is 15.2. The van der Waals surface area contributed by atoms with Crippen LogP contribution in [0.2, 0.25) is 0 Å². The first-order chi connectivity index (χ1) is 28.2. The minimum absolute atomic E-state index is 0.0563. The van der Waals surface area contributed by atoms with Gasteiger partial charge < -0.3 is 15.5 Å². The molecule has 4 heteroatoms. The highest BCUT2D eigenvalue weighted by Crippen LogP contribution is 2.14. The number of rotatable bonds is 41. The molecule has 0 aromatic carbocycles. The summed E-state index contributed by atoms with van der Waals surface area (Å²) in [5.74, 6) is -0.0563. The van der Waals surface area contributed by atoms with Crippen molar-refractivity contribution in [2.75, 3.05) is 6.61 Å². The van der Waals surface area contributed by atoms with Gasteiger partial charge in [0.2, 0.25) is 5.91 Å². The van der Waals surface area contributed by atoms with Gasteiger partial charge in [0.1, 0.15) is 0 Å². The SMILES string of the molecule is CC/C=C\C/C=C\C/C=C\C/C=C\C/C=C\C/C=C\C/C=C\C/C=C\C/C=C\CCCCCCCC(=O)NC(CO)C(O)CCCCCCCCCCCCCC. The van der Waals surface area contributed by atoms with Crippen molar-refractivity contribution in [3.63, 3.8) is 0 Å². The van der Waals surface area contributed by atoms with Crippen LogP contribution in [-0.2, 0) is 4.79 Å². The van der Waals surface area contributed by atoms with Gasteiger partial charge in [-0.1, -0.05) is 220 Å². The van der Waals surface area contributed by atoms with Crippen LogP contribution in [0.1, 0.15) is 200 Å². The molecule has 0 aliphatic carbocycles. The van der Waals surface area contributed by atoms with Gasteiger partial charge in [-0.05, 0) is 83.5 Å². The van der Waals surface area contributed by atoms with Gasteiger partial charge in [-0.15, -0.1) is 0 Å². The Morgan fingerprint density at radius 1 is 0.439 bits per heavy atom. The van der Waals surface area contributed by atoms with E-state index in [9.17, 15) is 15.0 Å². The van der Waals surface area contributed by atoms with Crippen LogP contribution in [0.4, 0.5) is 0 Å². The Kier molecular flexibility index (Phi) is 45.0. The molecule has 2 atom stereocenters. The average molecular weight is 788 g/mol. The predicted molar refractivity (Wildman–Crippen MR) is 253 cm³/mol. The first-order valence-electron chi connectivity index (χ1n) is 23.6. The standard InChI is InChI=1S/C53H89NO3/c1-3-5-7-9-11-13-15-17-18-19-20-21-22-23-24-25-26-27-28-29-30-31-32-33-34-35-36-37-39-41-43-45-47-49-53(57)54-51(50-55)52(56)48-46-44-42-40-38-16-14-12-10-8-6-4-2/h5,7,11,13,17-18,20-21,23-24,26-27,29-30,32-33,35-36,51-52,55-56H,3-4,6,8-10,12,14-16,19,22,25,28,31,34,37-50H2,1-2H3,(H,54,57)/b7-5-,13-11-,18-17-,21-20-,24-23-,27-26-,30-29-,33-32-,36-35-. The molecule has 57 heavy (non-hydrogen) atoms. The van der Waals surface area contributed by atoms with E-state index in [2.05, 4.69) is 129 Å². The molecule has 1 amide bonds.